The fourth-order valence-electron chi connectivity index (χ4n) is 10.0. The Labute approximate surface area is 390 Å². The number of rotatable bonds is 7. The van der Waals surface area contributed by atoms with E-state index in [2.05, 4.69) is 147 Å². The van der Waals surface area contributed by atoms with Crippen molar-refractivity contribution in [2.24, 2.45) is 5.92 Å². The number of hydrogen-bond acceptors (Lipinski definition) is 2. The summed E-state index contributed by atoms with van der Waals surface area (Å²) >= 11 is 1.88. The first-order valence-corrected chi connectivity index (χ1v) is 26.6. The Morgan fingerprint density at radius 2 is 1.45 bits per heavy atom. The van der Waals surface area contributed by atoms with Crippen molar-refractivity contribution in [3.8, 4) is 39.7 Å². The van der Waals surface area contributed by atoms with Gasteiger partial charge in [0.05, 0.1) is 37.9 Å². The molecule has 0 unspecified atom stereocenters. The molecular weight excluding hydrogens is 967 g/mol. The molecule has 1 saturated carbocycles. The minimum Gasteiger partial charge on any atom is -0.343 e. The Bertz CT molecular complexity index is 2830. The molecule has 0 amide bonds. The molecule has 6 heteroatoms. The van der Waals surface area contributed by atoms with Crippen molar-refractivity contribution >= 4 is 44.8 Å². The number of nitrogens with zero attached hydrogens (tertiary/aromatic N) is 3. The van der Waals surface area contributed by atoms with Crippen LogP contribution in [0, 0.1) is 52.1 Å². The van der Waals surface area contributed by atoms with Gasteiger partial charge in [-0.25, -0.2) is 0 Å². The summed E-state index contributed by atoms with van der Waals surface area (Å²) < 4.78 is 6.65. The van der Waals surface area contributed by atoms with E-state index in [0.717, 1.165) is 39.6 Å². The largest absolute Gasteiger partial charge is 0.343 e. The van der Waals surface area contributed by atoms with Gasteiger partial charge >= 0.3 is 0 Å². The van der Waals surface area contributed by atoms with Gasteiger partial charge in [0.25, 0.3) is 0 Å². The van der Waals surface area contributed by atoms with Gasteiger partial charge in [-0.2, -0.15) is 30.2 Å². The average molecular weight is 1030 g/mol. The van der Waals surface area contributed by atoms with Gasteiger partial charge in [-0.3, -0.25) is 0 Å². The zero-order chi connectivity index (χ0) is 43.2. The Morgan fingerprint density at radius 1 is 0.758 bits per heavy atom. The molecular formula is C56H61IrN3SSi-2. The Hall–Kier alpha value is -4.76. The van der Waals surface area contributed by atoms with Gasteiger partial charge in [0.1, 0.15) is 0 Å². The molecule has 9 rings (SSSR count). The molecule has 1 radical (unpaired) electrons. The summed E-state index contributed by atoms with van der Waals surface area (Å²) in [5, 5.41) is 13.3. The number of nitriles is 1. The van der Waals surface area contributed by atoms with Crippen LogP contribution in [0.15, 0.2) is 91.3 Å². The van der Waals surface area contributed by atoms with Gasteiger partial charge < -0.3 is 9.13 Å². The Morgan fingerprint density at radius 3 is 2.16 bits per heavy atom. The van der Waals surface area contributed by atoms with Crippen molar-refractivity contribution in [2.75, 3.05) is 0 Å². The number of aryl methyl sites for hydroxylation is 2. The summed E-state index contributed by atoms with van der Waals surface area (Å²) in [5.74, 6) is 1.29. The summed E-state index contributed by atoms with van der Waals surface area (Å²) in [6, 6.07) is 31.1. The predicted octanol–water partition coefficient (Wildman–Crippen LogP) is 13.4. The third kappa shape index (κ3) is 9.15. The van der Waals surface area contributed by atoms with E-state index in [0.29, 0.717) is 11.5 Å². The maximum atomic E-state index is 9.12. The number of aromatic nitrogens is 2. The SMILES string of the molecule is [CH2-]c1cc(C#N)ccc1-c1cc(CC2CCCC2)c([Si](C)(C)C)c[n+]1[CH2-].[CH2-]c1cc2sc3cc(-c4cccc5c4CCCC5)ccc3c2cc1-c1cc(C(C)C)c(C)c[n+]1[CH2-].[Ir]. The van der Waals surface area contributed by atoms with Gasteiger partial charge in [0.15, 0.2) is 0 Å². The van der Waals surface area contributed by atoms with Crippen LogP contribution in [0.3, 0.4) is 0 Å². The van der Waals surface area contributed by atoms with Crippen molar-refractivity contribution in [3.05, 3.63) is 164 Å². The molecule has 4 aromatic carbocycles. The second-order valence-corrected chi connectivity index (χ2v) is 25.2. The predicted molar refractivity (Wildman–Crippen MR) is 262 cm³/mol. The molecule has 3 heterocycles. The molecule has 0 saturated heterocycles. The number of pyridine rings is 2. The maximum absolute atomic E-state index is 9.12. The first kappa shape index (κ1) is 45.3. The van der Waals surface area contributed by atoms with Crippen LogP contribution in [-0.4, -0.2) is 8.07 Å². The minimum atomic E-state index is -1.45. The van der Waals surface area contributed by atoms with Crippen molar-refractivity contribution in [2.45, 2.75) is 104 Å². The summed E-state index contributed by atoms with van der Waals surface area (Å²) in [4.78, 5) is 0. The molecule has 3 nitrogen and oxygen atoms in total. The van der Waals surface area contributed by atoms with Crippen molar-refractivity contribution in [1.29, 1.82) is 5.26 Å². The minimum absolute atomic E-state index is 0. The smallest absolute Gasteiger partial charge is 0.0856 e. The Kier molecular flexibility index (Phi) is 13.5. The third-order valence-electron chi connectivity index (χ3n) is 13.3. The zero-order valence-corrected chi connectivity index (χ0v) is 41.8. The van der Waals surface area contributed by atoms with Crippen LogP contribution < -0.4 is 14.3 Å². The third-order valence-corrected chi connectivity index (χ3v) is 16.4. The standard InChI is InChI=1S/C33H32NS.C23H29N2Si.Ir/c1-20(2)28-18-31(34(5)19-22(28)4)29-17-30-27-14-13-24(16-33(27)35-32(30)15-21(29)3)26-12-8-10-23-9-6-7-11-25(23)26;1-17-12-19(15-24)10-11-21(17)22-14-20(13-18-8-6-7-9-18)23(16-25(22)2)26(3,4)5;/h8,10,12-20H,3,5-7,9,11H2,1-2,4H3;10-12,14,16,18H,1-2,6-9,13H2,3-5H3;/q2*-1;. The van der Waals surface area contributed by atoms with E-state index >= 15 is 0 Å². The molecule has 2 aliphatic carbocycles. The number of benzene rings is 4. The number of hydrogen-bond donors (Lipinski definition) is 0. The molecule has 62 heavy (non-hydrogen) atoms. The van der Waals surface area contributed by atoms with E-state index in [1.165, 1.54) is 117 Å². The van der Waals surface area contributed by atoms with Crippen LogP contribution in [0.5, 0.6) is 0 Å². The molecule has 7 aromatic rings. The van der Waals surface area contributed by atoms with Crippen molar-refractivity contribution in [3.63, 3.8) is 0 Å². The average Bonchev–Trinajstić information content (AvgIpc) is 3.87. The maximum Gasteiger partial charge on any atom is 0.0856 e. The van der Waals surface area contributed by atoms with E-state index in [1.54, 1.807) is 5.56 Å². The zero-order valence-electron chi connectivity index (χ0n) is 37.6. The fraction of sp³-hybridized carbons (Fsp3) is 0.304. The molecule has 0 bridgehead atoms. The van der Waals surface area contributed by atoms with Crippen LogP contribution in [0.4, 0.5) is 0 Å². The molecule has 0 atom stereocenters. The van der Waals surface area contributed by atoms with Crippen LogP contribution in [0.2, 0.25) is 19.6 Å². The van der Waals surface area contributed by atoms with Crippen LogP contribution in [0.1, 0.15) is 103 Å². The summed E-state index contributed by atoms with van der Waals surface area (Å²) in [5.41, 5.74) is 17.0. The van der Waals surface area contributed by atoms with Gasteiger partial charge in [0, 0.05) is 38.9 Å². The molecule has 0 N–H and O–H groups in total. The topological polar surface area (TPSA) is 31.5 Å². The molecule has 0 spiro atoms. The second kappa shape index (κ2) is 18.5. The summed E-state index contributed by atoms with van der Waals surface area (Å²) in [6.45, 7) is 22.5. The summed E-state index contributed by atoms with van der Waals surface area (Å²) in [6.07, 6.45) is 16.1. The normalized spacial score (nSPS) is 14.0. The van der Waals surface area contributed by atoms with E-state index in [-0.39, 0.29) is 20.1 Å². The molecule has 321 valence electrons. The van der Waals surface area contributed by atoms with Gasteiger partial charge in [-0.1, -0.05) is 119 Å². The Balaban J connectivity index is 0.000000192. The molecule has 1 fully saturated rings. The van der Waals surface area contributed by atoms with E-state index in [4.69, 9.17) is 5.26 Å². The van der Waals surface area contributed by atoms with Crippen LogP contribution in [0.25, 0.3) is 53.8 Å². The van der Waals surface area contributed by atoms with E-state index in [9.17, 15) is 0 Å². The first-order chi connectivity index (χ1) is 29.2. The van der Waals surface area contributed by atoms with Crippen LogP contribution >= 0.6 is 11.3 Å². The monoisotopic (exact) mass is 1030 g/mol. The van der Waals surface area contributed by atoms with E-state index in [1.807, 2.05) is 38.7 Å². The van der Waals surface area contributed by atoms with Gasteiger partial charge in [0.2, 0.25) is 0 Å². The molecule has 3 aromatic heterocycles. The number of thiophene rings is 1. The first-order valence-electron chi connectivity index (χ1n) is 22.3. The summed E-state index contributed by atoms with van der Waals surface area (Å²) in [7, 11) is 7.12. The van der Waals surface area contributed by atoms with Crippen molar-refractivity contribution in [1.82, 2.24) is 0 Å². The van der Waals surface area contributed by atoms with E-state index < -0.39 is 8.07 Å². The quantitative estimate of drug-likeness (QED) is 0.0889. The number of fused-ring (bicyclic) bond motifs is 4. The van der Waals surface area contributed by atoms with Crippen LogP contribution in [-0.2, 0) is 39.4 Å². The molecule has 2 aliphatic rings. The van der Waals surface area contributed by atoms with Gasteiger partial charge in [-0.15, -0.1) is 46.7 Å². The fourth-order valence-corrected chi connectivity index (χ4v) is 12.9. The molecule has 0 aliphatic heterocycles. The van der Waals surface area contributed by atoms with Gasteiger partial charge in [-0.05, 0) is 111 Å². The second-order valence-electron chi connectivity index (χ2n) is 19.0. The van der Waals surface area contributed by atoms with Crippen molar-refractivity contribution < 1.29 is 29.2 Å².